The minimum Gasteiger partial charge on any atom is -0.493 e. The highest BCUT2D eigenvalue weighted by Crippen LogP contribution is 2.27. The number of hydrogen-bond acceptors (Lipinski definition) is 6. The fourth-order valence-electron chi connectivity index (χ4n) is 1.91. The lowest BCUT2D eigenvalue weighted by molar-refractivity contribution is -0.120. The topological polar surface area (TPSA) is 102 Å². The second-order valence-corrected chi connectivity index (χ2v) is 4.83. The van der Waals surface area contributed by atoms with Crippen molar-refractivity contribution < 1.29 is 19.1 Å². The molecule has 0 fully saturated rings. The SMILES string of the molecule is COc1ccc(C(=O)NCC(=O)N/N=C\c2ccncc2)cc1OC. The number of methoxy groups -OCH3 is 2. The molecule has 2 aromatic rings. The number of hydrogen-bond donors (Lipinski definition) is 2. The van der Waals surface area contributed by atoms with Crippen LogP contribution in [-0.2, 0) is 4.79 Å². The number of carbonyl (C=O) groups excluding carboxylic acids is 2. The van der Waals surface area contributed by atoms with Gasteiger partial charge in [-0.25, -0.2) is 5.43 Å². The highest BCUT2D eigenvalue weighted by molar-refractivity contribution is 5.97. The largest absolute Gasteiger partial charge is 0.493 e. The van der Waals surface area contributed by atoms with Gasteiger partial charge in [-0.3, -0.25) is 14.6 Å². The van der Waals surface area contributed by atoms with E-state index in [9.17, 15) is 9.59 Å². The Kier molecular flexibility index (Phi) is 6.47. The Morgan fingerprint density at radius 1 is 1.12 bits per heavy atom. The van der Waals surface area contributed by atoms with Gasteiger partial charge in [-0.2, -0.15) is 5.10 Å². The Labute approximate surface area is 144 Å². The van der Waals surface area contributed by atoms with Gasteiger partial charge in [0.25, 0.3) is 11.8 Å². The number of rotatable bonds is 7. The molecule has 0 bridgehead atoms. The van der Waals surface area contributed by atoms with E-state index in [0.29, 0.717) is 17.1 Å². The van der Waals surface area contributed by atoms with Crippen LogP contribution in [-0.4, -0.2) is 43.8 Å². The van der Waals surface area contributed by atoms with Crippen molar-refractivity contribution in [3.63, 3.8) is 0 Å². The van der Waals surface area contributed by atoms with Gasteiger partial charge in [0.1, 0.15) is 0 Å². The van der Waals surface area contributed by atoms with Crippen molar-refractivity contribution in [2.45, 2.75) is 0 Å². The van der Waals surface area contributed by atoms with E-state index in [4.69, 9.17) is 9.47 Å². The quantitative estimate of drug-likeness (QED) is 0.577. The van der Waals surface area contributed by atoms with Crippen LogP contribution < -0.4 is 20.2 Å². The molecule has 8 heteroatoms. The van der Waals surface area contributed by atoms with Crippen molar-refractivity contribution in [2.75, 3.05) is 20.8 Å². The number of benzene rings is 1. The number of ether oxygens (including phenoxy) is 2. The van der Waals surface area contributed by atoms with Crippen LogP contribution in [0.25, 0.3) is 0 Å². The molecule has 2 N–H and O–H groups in total. The van der Waals surface area contributed by atoms with Crippen LogP contribution >= 0.6 is 0 Å². The van der Waals surface area contributed by atoms with Crippen LogP contribution in [0, 0.1) is 0 Å². The summed E-state index contributed by atoms with van der Waals surface area (Å²) in [6, 6.07) is 8.22. The van der Waals surface area contributed by atoms with E-state index in [1.54, 1.807) is 36.7 Å². The lowest BCUT2D eigenvalue weighted by Crippen LogP contribution is -2.34. The molecule has 0 aliphatic rings. The standard InChI is InChI=1S/C17H18N4O4/c1-24-14-4-3-13(9-15(14)25-2)17(23)19-11-16(22)21-20-10-12-5-7-18-8-6-12/h3-10H,11H2,1-2H3,(H,19,23)(H,21,22)/b20-10-. The third-order valence-electron chi connectivity index (χ3n) is 3.16. The molecule has 1 heterocycles. The molecule has 2 amide bonds. The first-order chi connectivity index (χ1) is 12.1. The van der Waals surface area contributed by atoms with Gasteiger partial charge in [-0.05, 0) is 35.9 Å². The normalized spacial score (nSPS) is 10.3. The first kappa shape index (κ1) is 17.9. The highest BCUT2D eigenvalue weighted by atomic mass is 16.5. The van der Waals surface area contributed by atoms with E-state index < -0.39 is 11.8 Å². The highest BCUT2D eigenvalue weighted by Gasteiger charge is 2.11. The summed E-state index contributed by atoms with van der Waals surface area (Å²) in [6.45, 7) is -0.207. The number of nitrogens with zero attached hydrogens (tertiary/aromatic N) is 2. The summed E-state index contributed by atoms with van der Waals surface area (Å²) in [5, 5.41) is 6.31. The number of aromatic nitrogens is 1. The average Bonchev–Trinajstić information content (AvgIpc) is 2.66. The number of amides is 2. The smallest absolute Gasteiger partial charge is 0.259 e. The summed E-state index contributed by atoms with van der Waals surface area (Å²) in [5.41, 5.74) is 3.48. The van der Waals surface area contributed by atoms with Crippen LogP contribution in [0.5, 0.6) is 11.5 Å². The van der Waals surface area contributed by atoms with E-state index in [1.165, 1.54) is 26.5 Å². The molecule has 0 aliphatic carbocycles. The van der Waals surface area contributed by atoms with E-state index >= 15 is 0 Å². The van der Waals surface area contributed by atoms with E-state index in [-0.39, 0.29) is 6.54 Å². The van der Waals surface area contributed by atoms with Gasteiger partial charge in [0.15, 0.2) is 11.5 Å². The minimum atomic E-state index is -0.445. The van der Waals surface area contributed by atoms with Crippen LogP contribution in [0.15, 0.2) is 47.8 Å². The molecule has 130 valence electrons. The Balaban J connectivity index is 1.85. The Morgan fingerprint density at radius 2 is 1.84 bits per heavy atom. The fraction of sp³-hybridized carbons (Fsp3) is 0.176. The summed E-state index contributed by atoms with van der Waals surface area (Å²) in [7, 11) is 2.99. The molecular formula is C17H18N4O4. The summed E-state index contributed by atoms with van der Waals surface area (Å²) in [6.07, 6.45) is 4.72. The van der Waals surface area contributed by atoms with Crippen molar-refractivity contribution in [3.05, 3.63) is 53.9 Å². The number of hydrazone groups is 1. The van der Waals surface area contributed by atoms with Crippen molar-refractivity contribution in [1.29, 1.82) is 0 Å². The van der Waals surface area contributed by atoms with Gasteiger partial charge < -0.3 is 14.8 Å². The third-order valence-corrected chi connectivity index (χ3v) is 3.16. The van der Waals surface area contributed by atoms with Crippen molar-refractivity contribution in [3.8, 4) is 11.5 Å². The lowest BCUT2D eigenvalue weighted by Gasteiger charge is -2.09. The zero-order valence-electron chi connectivity index (χ0n) is 13.9. The number of pyridine rings is 1. The van der Waals surface area contributed by atoms with Gasteiger partial charge in [0, 0.05) is 18.0 Å². The van der Waals surface area contributed by atoms with Crippen molar-refractivity contribution in [1.82, 2.24) is 15.7 Å². The molecule has 25 heavy (non-hydrogen) atoms. The molecule has 0 aliphatic heterocycles. The van der Waals surface area contributed by atoms with Gasteiger partial charge in [0.05, 0.1) is 27.0 Å². The lowest BCUT2D eigenvalue weighted by atomic mass is 10.2. The van der Waals surface area contributed by atoms with Gasteiger partial charge >= 0.3 is 0 Å². The van der Waals surface area contributed by atoms with Crippen molar-refractivity contribution in [2.24, 2.45) is 5.10 Å². The Morgan fingerprint density at radius 3 is 2.52 bits per heavy atom. The van der Waals surface area contributed by atoms with Crippen LogP contribution in [0.1, 0.15) is 15.9 Å². The maximum absolute atomic E-state index is 12.1. The number of nitrogens with one attached hydrogen (secondary N) is 2. The molecule has 0 atom stereocenters. The predicted molar refractivity (Wildman–Crippen MR) is 91.9 cm³/mol. The zero-order chi connectivity index (χ0) is 18.1. The average molecular weight is 342 g/mol. The molecule has 0 spiro atoms. The number of carbonyl (C=O) groups is 2. The monoisotopic (exact) mass is 342 g/mol. The first-order valence-electron chi connectivity index (χ1n) is 7.36. The molecule has 1 aromatic carbocycles. The second kappa shape index (κ2) is 9.02. The first-order valence-corrected chi connectivity index (χ1v) is 7.36. The maximum atomic E-state index is 12.1. The summed E-state index contributed by atoms with van der Waals surface area (Å²) in [4.78, 5) is 27.7. The second-order valence-electron chi connectivity index (χ2n) is 4.83. The van der Waals surface area contributed by atoms with E-state index in [2.05, 4.69) is 20.8 Å². The zero-order valence-corrected chi connectivity index (χ0v) is 13.9. The van der Waals surface area contributed by atoms with Crippen LogP contribution in [0.2, 0.25) is 0 Å². The molecular weight excluding hydrogens is 324 g/mol. The van der Waals surface area contributed by atoms with Gasteiger partial charge in [-0.15, -0.1) is 0 Å². The van der Waals surface area contributed by atoms with Crippen molar-refractivity contribution >= 4 is 18.0 Å². The molecule has 1 aromatic heterocycles. The van der Waals surface area contributed by atoms with Gasteiger partial charge in [0.2, 0.25) is 0 Å². The molecule has 0 radical (unpaired) electrons. The van der Waals surface area contributed by atoms with Crippen LogP contribution in [0.3, 0.4) is 0 Å². The van der Waals surface area contributed by atoms with E-state index in [1.807, 2.05) is 0 Å². The third kappa shape index (κ3) is 5.31. The molecule has 0 unspecified atom stereocenters. The minimum absolute atomic E-state index is 0.207. The molecule has 2 rings (SSSR count). The van der Waals surface area contributed by atoms with Gasteiger partial charge in [-0.1, -0.05) is 0 Å². The summed E-state index contributed by atoms with van der Waals surface area (Å²) in [5.74, 6) is 0.0946. The Bertz CT molecular complexity index is 762. The summed E-state index contributed by atoms with van der Waals surface area (Å²) < 4.78 is 10.2. The molecule has 0 saturated heterocycles. The van der Waals surface area contributed by atoms with E-state index in [0.717, 1.165) is 5.56 Å². The Hall–Kier alpha value is -3.42. The molecule has 8 nitrogen and oxygen atoms in total. The van der Waals surface area contributed by atoms with Crippen LogP contribution in [0.4, 0.5) is 0 Å². The fourth-order valence-corrected chi connectivity index (χ4v) is 1.91. The maximum Gasteiger partial charge on any atom is 0.259 e. The summed E-state index contributed by atoms with van der Waals surface area (Å²) >= 11 is 0. The predicted octanol–water partition coefficient (Wildman–Crippen LogP) is 0.979. The molecule has 0 saturated carbocycles.